The number of H-pyrrole nitrogens is 1. The number of halogens is 2. The van der Waals surface area contributed by atoms with Gasteiger partial charge < -0.3 is 9.72 Å². The van der Waals surface area contributed by atoms with Crippen molar-refractivity contribution in [3.05, 3.63) is 28.2 Å². The summed E-state index contributed by atoms with van der Waals surface area (Å²) in [5.41, 5.74) is 0.368. The maximum absolute atomic E-state index is 13.6. The monoisotopic (exact) mass is 356 g/mol. The molecule has 1 heterocycles. The van der Waals surface area contributed by atoms with Crippen molar-refractivity contribution in [2.45, 2.75) is 39.0 Å². The second-order valence-electron chi connectivity index (χ2n) is 4.88. The van der Waals surface area contributed by atoms with Gasteiger partial charge in [0.2, 0.25) is 0 Å². The van der Waals surface area contributed by atoms with E-state index >= 15 is 0 Å². The Morgan fingerprint density at radius 1 is 1.38 bits per heavy atom. The number of rotatable bonds is 5. The van der Waals surface area contributed by atoms with Crippen LogP contribution >= 0.6 is 15.9 Å². The number of hydrogen-bond acceptors (Lipinski definition) is 3. The van der Waals surface area contributed by atoms with E-state index < -0.39 is 5.41 Å². The average molecular weight is 357 g/mol. The number of carbonyl (C=O) groups excluding carboxylic acids is 1. The van der Waals surface area contributed by atoms with Gasteiger partial charge in [0.15, 0.2) is 0 Å². The first-order valence-corrected chi connectivity index (χ1v) is 7.80. The summed E-state index contributed by atoms with van der Waals surface area (Å²) in [5, 5.41) is 0. The van der Waals surface area contributed by atoms with Crippen LogP contribution in [0.25, 0.3) is 11.0 Å². The summed E-state index contributed by atoms with van der Waals surface area (Å²) in [6, 6.07) is 2.98. The van der Waals surface area contributed by atoms with Crippen molar-refractivity contribution >= 4 is 32.9 Å². The second-order valence-corrected chi connectivity index (χ2v) is 5.73. The van der Waals surface area contributed by atoms with Gasteiger partial charge >= 0.3 is 5.97 Å². The van der Waals surface area contributed by atoms with Crippen molar-refractivity contribution in [2.24, 2.45) is 0 Å². The Balaban J connectivity index is 2.57. The Kier molecular flexibility index (Phi) is 4.66. The number of benzene rings is 1. The fourth-order valence-electron chi connectivity index (χ4n) is 2.47. The summed E-state index contributed by atoms with van der Waals surface area (Å²) in [7, 11) is 0. The fourth-order valence-corrected chi connectivity index (χ4v) is 2.80. The van der Waals surface area contributed by atoms with Gasteiger partial charge in [-0.15, -0.1) is 0 Å². The highest BCUT2D eigenvalue weighted by Crippen LogP contribution is 2.33. The molecule has 1 aromatic carbocycles. The zero-order chi connectivity index (χ0) is 15.6. The van der Waals surface area contributed by atoms with Crippen LogP contribution in [0.2, 0.25) is 0 Å². The minimum Gasteiger partial charge on any atom is -0.465 e. The molecule has 0 unspecified atom stereocenters. The third-order valence-electron chi connectivity index (χ3n) is 3.85. The molecule has 0 aliphatic heterocycles. The largest absolute Gasteiger partial charge is 0.465 e. The minimum atomic E-state index is -0.821. The van der Waals surface area contributed by atoms with Crippen LogP contribution in [0.1, 0.15) is 39.4 Å². The Morgan fingerprint density at radius 3 is 2.62 bits per heavy atom. The second kappa shape index (κ2) is 6.13. The van der Waals surface area contributed by atoms with Crippen LogP contribution in [0, 0.1) is 5.82 Å². The number of carbonyl (C=O) groups is 1. The SMILES string of the molecule is CCOC(=O)C(CC)(CC)c1nc2cc(Br)c(F)cc2[nH]1. The van der Waals surface area contributed by atoms with Gasteiger partial charge in [0, 0.05) is 6.07 Å². The van der Waals surface area contributed by atoms with E-state index in [9.17, 15) is 9.18 Å². The van der Waals surface area contributed by atoms with Crippen molar-refractivity contribution in [1.29, 1.82) is 0 Å². The summed E-state index contributed by atoms with van der Waals surface area (Å²) >= 11 is 3.14. The Labute approximate surface area is 131 Å². The first-order valence-electron chi connectivity index (χ1n) is 7.01. The van der Waals surface area contributed by atoms with E-state index in [1.807, 2.05) is 13.8 Å². The molecule has 6 heteroatoms. The van der Waals surface area contributed by atoms with Crippen LogP contribution in [-0.2, 0) is 14.9 Å². The number of hydrogen-bond donors (Lipinski definition) is 1. The predicted molar refractivity (Wildman–Crippen MR) is 82.6 cm³/mol. The topological polar surface area (TPSA) is 55.0 Å². The molecule has 21 heavy (non-hydrogen) atoms. The highest BCUT2D eigenvalue weighted by atomic mass is 79.9. The van der Waals surface area contributed by atoms with E-state index in [4.69, 9.17) is 4.74 Å². The molecule has 0 fully saturated rings. The molecule has 0 radical (unpaired) electrons. The molecule has 2 aromatic rings. The van der Waals surface area contributed by atoms with Crippen molar-refractivity contribution in [1.82, 2.24) is 9.97 Å². The molecule has 0 saturated carbocycles. The molecule has 4 nitrogen and oxygen atoms in total. The molecular formula is C15H18BrFN2O2. The Hall–Kier alpha value is -1.43. The van der Waals surface area contributed by atoms with Gasteiger partial charge in [-0.25, -0.2) is 9.37 Å². The van der Waals surface area contributed by atoms with Crippen LogP contribution in [0.4, 0.5) is 4.39 Å². The van der Waals surface area contributed by atoms with E-state index in [0.717, 1.165) is 0 Å². The molecule has 1 N–H and O–H groups in total. The Bertz CT molecular complexity index is 626. The van der Waals surface area contributed by atoms with Crippen LogP contribution < -0.4 is 0 Å². The number of esters is 1. The zero-order valence-electron chi connectivity index (χ0n) is 12.3. The Morgan fingerprint density at radius 2 is 2.05 bits per heavy atom. The number of aromatic nitrogens is 2. The van der Waals surface area contributed by atoms with Crippen molar-refractivity contribution < 1.29 is 13.9 Å². The summed E-state index contributed by atoms with van der Waals surface area (Å²) < 4.78 is 19.2. The first-order chi connectivity index (χ1) is 9.98. The molecule has 0 atom stereocenters. The van der Waals surface area contributed by atoms with Gasteiger partial charge in [0.05, 0.1) is 22.1 Å². The maximum Gasteiger partial charge on any atom is 0.319 e. The van der Waals surface area contributed by atoms with Crippen LogP contribution in [0.15, 0.2) is 16.6 Å². The lowest BCUT2D eigenvalue weighted by atomic mass is 9.81. The molecule has 2 rings (SSSR count). The first kappa shape index (κ1) is 15.9. The fraction of sp³-hybridized carbons (Fsp3) is 0.467. The van der Waals surface area contributed by atoms with E-state index in [1.165, 1.54) is 6.07 Å². The lowest BCUT2D eigenvalue weighted by Gasteiger charge is -2.26. The maximum atomic E-state index is 13.6. The molecule has 0 saturated heterocycles. The van der Waals surface area contributed by atoms with Gasteiger partial charge in [-0.3, -0.25) is 4.79 Å². The quantitative estimate of drug-likeness (QED) is 0.821. The number of aromatic amines is 1. The third-order valence-corrected chi connectivity index (χ3v) is 4.46. The normalized spacial score (nSPS) is 11.9. The van der Waals surface area contributed by atoms with Crippen LogP contribution in [0.3, 0.4) is 0 Å². The van der Waals surface area contributed by atoms with Crippen molar-refractivity contribution in [3.63, 3.8) is 0 Å². The van der Waals surface area contributed by atoms with Gasteiger partial charge in [-0.05, 0) is 41.8 Å². The van der Waals surface area contributed by atoms with Gasteiger partial charge in [-0.1, -0.05) is 13.8 Å². The number of nitrogens with one attached hydrogen (secondary N) is 1. The van der Waals surface area contributed by atoms with Gasteiger partial charge in [0.25, 0.3) is 0 Å². The number of nitrogens with zero attached hydrogens (tertiary/aromatic N) is 1. The van der Waals surface area contributed by atoms with Crippen molar-refractivity contribution in [3.8, 4) is 0 Å². The highest BCUT2D eigenvalue weighted by molar-refractivity contribution is 9.10. The van der Waals surface area contributed by atoms with Crippen LogP contribution in [-0.4, -0.2) is 22.5 Å². The van der Waals surface area contributed by atoms with Gasteiger partial charge in [0.1, 0.15) is 17.1 Å². The lowest BCUT2D eigenvalue weighted by Crippen LogP contribution is -2.37. The van der Waals surface area contributed by atoms with E-state index in [1.54, 1.807) is 13.0 Å². The summed E-state index contributed by atoms with van der Waals surface area (Å²) in [4.78, 5) is 19.9. The van der Waals surface area contributed by atoms with E-state index in [0.29, 0.717) is 40.8 Å². The molecular weight excluding hydrogens is 339 g/mol. The van der Waals surface area contributed by atoms with E-state index in [2.05, 4.69) is 25.9 Å². The van der Waals surface area contributed by atoms with Crippen molar-refractivity contribution in [2.75, 3.05) is 6.61 Å². The van der Waals surface area contributed by atoms with E-state index in [-0.39, 0.29) is 11.8 Å². The summed E-state index contributed by atoms with van der Waals surface area (Å²) in [5.74, 6) is -0.139. The standard InChI is InChI=1S/C15H18BrFN2O2/c1-4-15(5-2,14(20)21-6-3)13-18-11-7-9(16)10(17)8-12(11)19-13/h7-8H,4-6H2,1-3H3,(H,18,19). The van der Waals surface area contributed by atoms with Crippen LogP contribution in [0.5, 0.6) is 0 Å². The molecule has 0 bridgehead atoms. The molecule has 0 spiro atoms. The predicted octanol–water partition coefficient (Wildman–Crippen LogP) is 4.09. The zero-order valence-corrected chi connectivity index (χ0v) is 13.9. The number of imidazole rings is 1. The average Bonchev–Trinajstić information content (AvgIpc) is 2.85. The summed E-state index contributed by atoms with van der Waals surface area (Å²) in [6.07, 6.45) is 1.12. The van der Waals surface area contributed by atoms with Gasteiger partial charge in [-0.2, -0.15) is 0 Å². The highest BCUT2D eigenvalue weighted by Gasteiger charge is 2.41. The minimum absolute atomic E-state index is 0.298. The molecule has 1 aromatic heterocycles. The summed E-state index contributed by atoms with van der Waals surface area (Å²) in [6.45, 7) is 5.94. The molecule has 114 valence electrons. The smallest absolute Gasteiger partial charge is 0.319 e. The number of fused-ring (bicyclic) bond motifs is 1. The molecule has 0 aliphatic rings. The molecule has 0 aliphatic carbocycles. The third kappa shape index (κ3) is 2.69. The molecule has 0 amide bonds. The lowest BCUT2D eigenvalue weighted by molar-refractivity contribution is -0.150. The number of ether oxygens (including phenoxy) is 1.